The second-order valence-corrected chi connectivity index (χ2v) is 4.50. The molecule has 0 spiro atoms. The highest BCUT2D eigenvalue weighted by molar-refractivity contribution is 5.30. The fourth-order valence-electron chi connectivity index (χ4n) is 1.33. The highest BCUT2D eigenvalue weighted by Crippen LogP contribution is 2.22. The van der Waals surface area contributed by atoms with E-state index in [2.05, 4.69) is 0 Å². The van der Waals surface area contributed by atoms with E-state index >= 15 is 0 Å². The molecule has 0 bridgehead atoms. The summed E-state index contributed by atoms with van der Waals surface area (Å²) in [7, 11) is 3.92. The fraction of sp³-hybridized carbons (Fsp3) is 0.600. The minimum Gasteiger partial charge on any atom is -0.489 e. The van der Waals surface area contributed by atoms with Gasteiger partial charge in [-0.1, -0.05) is 33.8 Å². The molecule has 0 radical (unpaired) electrons. The van der Waals surface area contributed by atoms with Crippen molar-refractivity contribution in [1.29, 1.82) is 0 Å². The van der Waals surface area contributed by atoms with Gasteiger partial charge in [0, 0.05) is 6.54 Å². The standard InChI is InChI=1S/C13H20FNO.C2H6/c1-10(2)11-5-6-13(12(14)9-11)16-8-7-15(3)4;1-2/h5-6,9-10H,7-8H2,1-4H3;1-2H3. The zero-order valence-electron chi connectivity index (χ0n) is 12.5. The third kappa shape index (κ3) is 6.01. The Morgan fingerprint density at radius 3 is 2.28 bits per heavy atom. The van der Waals surface area contributed by atoms with Crippen LogP contribution in [-0.4, -0.2) is 32.1 Å². The van der Waals surface area contributed by atoms with Gasteiger partial charge in [0.05, 0.1) is 0 Å². The lowest BCUT2D eigenvalue weighted by Gasteiger charge is -2.12. The summed E-state index contributed by atoms with van der Waals surface area (Å²) in [5.41, 5.74) is 0.998. The molecule has 0 unspecified atom stereocenters. The first-order valence-corrected chi connectivity index (χ1v) is 6.57. The van der Waals surface area contributed by atoms with Gasteiger partial charge in [0.1, 0.15) is 6.61 Å². The molecule has 0 aliphatic rings. The van der Waals surface area contributed by atoms with Crippen LogP contribution in [0.3, 0.4) is 0 Å². The van der Waals surface area contributed by atoms with Crippen LogP contribution in [0.1, 0.15) is 39.2 Å². The second kappa shape index (κ2) is 8.92. The minimum atomic E-state index is -0.273. The second-order valence-electron chi connectivity index (χ2n) is 4.50. The molecule has 0 atom stereocenters. The minimum absolute atomic E-state index is 0.273. The van der Waals surface area contributed by atoms with Gasteiger partial charge in [-0.3, -0.25) is 0 Å². The lowest BCUT2D eigenvalue weighted by atomic mass is 10.0. The van der Waals surface area contributed by atoms with E-state index in [0.717, 1.165) is 12.1 Å². The molecule has 1 aromatic carbocycles. The Morgan fingerprint density at radius 1 is 1.22 bits per heavy atom. The maximum absolute atomic E-state index is 13.6. The van der Waals surface area contributed by atoms with Gasteiger partial charge < -0.3 is 9.64 Å². The van der Waals surface area contributed by atoms with Crippen molar-refractivity contribution in [2.24, 2.45) is 0 Å². The highest BCUT2D eigenvalue weighted by atomic mass is 19.1. The van der Waals surface area contributed by atoms with Gasteiger partial charge in [-0.2, -0.15) is 0 Å². The van der Waals surface area contributed by atoms with Crippen molar-refractivity contribution < 1.29 is 9.13 Å². The Bertz CT molecular complexity index is 337. The quantitative estimate of drug-likeness (QED) is 0.791. The molecule has 2 nitrogen and oxygen atoms in total. The zero-order chi connectivity index (χ0) is 14.1. The maximum Gasteiger partial charge on any atom is 0.165 e. The molecular weight excluding hydrogens is 229 g/mol. The third-order valence-corrected chi connectivity index (χ3v) is 2.42. The van der Waals surface area contributed by atoms with Crippen LogP contribution in [0, 0.1) is 5.82 Å². The predicted octanol–water partition coefficient (Wildman–Crippen LogP) is 3.92. The first-order valence-electron chi connectivity index (χ1n) is 6.57. The summed E-state index contributed by atoms with van der Waals surface area (Å²) in [6, 6.07) is 5.18. The van der Waals surface area contributed by atoms with Crippen LogP contribution in [0.5, 0.6) is 5.75 Å². The number of likely N-dealkylation sites (N-methyl/N-ethyl adjacent to an activating group) is 1. The van der Waals surface area contributed by atoms with Crippen molar-refractivity contribution in [3.63, 3.8) is 0 Å². The largest absolute Gasteiger partial charge is 0.489 e. The van der Waals surface area contributed by atoms with E-state index in [1.807, 2.05) is 52.8 Å². The van der Waals surface area contributed by atoms with Gasteiger partial charge in [-0.25, -0.2) is 4.39 Å². The number of halogens is 1. The van der Waals surface area contributed by atoms with Crippen molar-refractivity contribution in [2.45, 2.75) is 33.6 Å². The van der Waals surface area contributed by atoms with Crippen molar-refractivity contribution >= 4 is 0 Å². The van der Waals surface area contributed by atoms with Gasteiger partial charge in [0.2, 0.25) is 0 Å². The normalized spacial score (nSPS) is 10.3. The molecule has 0 saturated carbocycles. The van der Waals surface area contributed by atoms with Crippen LogP contribution >= 0.6 is 0 Å². The van der Waals surface area contributed by atoms with Gasteiger partial charge >= 0.3 is 0 Å². The van der Waals surface area contributed by atoms with Gasteiger partial charge in [0.15, 0.2) is 11.6 Å². The molecule has 18 heavy (non-hydrogen) atoms. The first kappa shape index (κ1) is 16.9. The SMILES string of the molecule is CC.CC(C)c1ccc(OCCN(C)C)c(F)c1. The van der Waals surface area contributed by atoms with Crippen LogP contribution in [0.2, 0.25) is 0 Å². The van der Waals surface area contributed by atoms with E-state index in [4.69, 9.17) is 4.74 Å². The predicted molar refractivity (Wildman–Crippen MR) is 75.9 cm³/mol. The zero-order valence-corrected chi connectivity index (χ0v) is 12.5. The summed E-state index contributed by atoms with van der Waals surface area (Å²) >= 11 is 0. The maximum atomic E-state index is 13.6. The van der Waals surface area contributed by atoms with Crippen molar-refractivity contribution in [2.75, 3.05) is 27.2 Å². The average Bonchev–Trinajstić information content (AvgIpc) is 2.33. The summed E-state index contributed by atoms with van der Waals surface area (Å²) in [4.78, 5) is 2.00. The Hall–Kier alpha value is -1.09. The lowest BCUT2D eigenvalue weighted by Crippen LogP contribution is -2.19. The molecule has 0 fully saturated rings. The molecule has 0 aliphatic carbocycles. The van der Waals surface area contributed by atoms with Crippen LogP contribution in [-0.2, 0) is 0 Å². The smallest absolute Gasteiger partial charge is 0.165 e. The number of hydrogen-bond donors (Lipinski definition) is 0. The molecule has 0 N–H and O–H groups in total. The number of rotatable bonds is 5. The fourth-order valence-corrected chi connectivity index (χ4v) is 1.33. The number of hydrogen-bond acceptors (Lipinski definition) is 2. The van der Waals surface area contributed by atoms with Gasteiger partial charge in [-0.15, -0.1) is 0 Å². The van der Waals surface area contributed by atoms with Crippen molar-refractivity contribution in [3.8, 4) is 5.75 Å². The van der Waals surface area contributed by atoms with Crippen LogP contribution < -0.4 is 4.74 Å². The molecule has 0 amide bonds. The average molecular weight is 255 g/mol. The topological polar surface area (TPSA) is 12.5 Å². The van der Waals surface area contributed by atoms with Crippen molar-refractivity contribution in [3.05, 3.63) is 29.6 Å². The lowest BCUT2D eigenvalue weighted by molar-refractivity contribution is 0.252. The monoisotopic (exact) mass is 255 g/mol. The molecule has 1 rings (SSSR count). The molecular formula is C15H26FNO. The van der Waals surface area contributed by atoms with E-state index in [9.17, 15) is 4.39 Å². The van der Waals surface area contributed by atoms with E-state index in [0.29, 0.717) is 18.3 Å². The number of ether oxygens (including phenoxy) is 1. The number of benzene rings is 1. The van der Waals surface area contributed by atoms with Gasteiger partial charge in [-0.05, 0) is 37.7 Å². The molecule has 0 saturated heterocycles. The van der Waals surface area contributed by atoms with E-state index in [-0.39, 0.29) is 5.82 Å². The Kier molecular flexibility index (Phi) is 8.38. The summed E-state index contributed by atoms with van der Waals surface area (Å²) < 4.78 is 19.0. The first-order chi connectivity index (χ1) is 8.50. The summed E-state index contributed by atoms with van der Waals surface area (Å²) in [6.45, 7) is 9.37. The molecule has 104 valence electrons. The summed E-state index contributed by atoms with van der Waals surface area (Å²) in [5, 5.41) is 0. The third-order valence-electron chi connectivity index (χ3n) is 2.42. The molecule has 0 heterocycles. The molecule has 0 aromatic heterocycles. The van der Waals surface area contributed by atoms with E-state index in [1.165, 1.54) is 0 Å². The Balaban J connectivity index is 0.00000137. The van der Waals surface area contributed by atoms with Crippen molar-refractivity contribution in [1.82, 2.24) is 4.90 Å². The Morgan fingerprint density at radius 2 is 1.83 bits per heavy atom. The van der Waals surface area contributed by atoms with E-state index < -0.39 is 0 Å². The molecule has 3 heteroatoms. The Labute approximate surface area is 111 Å². The van der Waals surface area contributed by atoms with Gasteiger partial charge in [0.25, 0.3) is 0 Å². The number of nitrogens with zero attached hydrogens (tertiary/aromatic N) is 1. The summed E-state index contributed by atoms with van der Waals surface area (Å²) in [6.07, 6.45) is 0. The highest BCUT2D eigenvalue weighted by Gasteiger charge is 2.06. The summed E-state index contributed by atoms with van der Waals surface area (Å²) in [5.74, 6) is 0.404. The van der Waals surface area contributed by atoms with Crippen LogP contribution in [0.4, 0.5) is 4.39 Å². The molecule has 1 aromatic rings. The van der Waals surface area contributed by atoms with E-state index in [1.54, 1.807) is 12.1 Å². The molecule has 0 aliphatic heterocycles. The van der Waals surface area contributed by atoms with Crippen LogP contribution in [0.25, 0.3) is 0 Å². The van der Waals surface area contributed by atoms with Crippen LogP contribution in [0.15, 0.2) is 18.2 Å².